The molecular formula is C23H25F3N4O3. The maximum Gasteiger partial charge on any atom is 0.271 e. The number of fused-ring (bicyclic) bond motifs is 1. The van der Waals surface area contributed by atoms with E-state index in [-0.39, 0.29) is 18.4 Å². The van der Waals surface area contributed by atoms with Gasteiger partial charge in [0.2, 0.25) is 0 Å². The highest BCUT2D eigenvalue weighted by atomic mass is 19.1. The zero-order valence-electron chi connectivity index (χ0n) is 18.2. The molecule has 10 heteroatoms. The average molecular weight is 462 g/mol. The lowest BCUT2D eigenvalue weighted by atomic mass is 9.89. The number of carbonyl (C=O) groups excluding carboxylic acids is 2. The van der Waals surface area contributed by atoms with Crippen molar-refractivity contribution in [2.75, 3.05) is 19.6 Å². The summed E-state index contributed by atoms with van der Waals surface area (Å²) in [5.41, 5.74) is 0.0229. The minimum atomic E-state index is -1.19. The number of likely N-dealkylation sites (tertiary alicyclic amines) is 1. The molecule has 0 aromatic heterocycles. The number of rotatable bonds is 3. The van der Waals surface area contributed by atoms with Gasteiger partial charge in [-0.05, 0) is 37.5 Å². The molecule has 4 aliphatic heterocycles. The van der Waals surface area contributed by atoms with E-state index >= 15 is 0 Å². The van der Waals surface area contributed by atoms with Gasteiger partial charge in [0.25, 0.3) is 11.8 Å². The molecule has 1 N–H and O–H groups in total. The maximum absolute atomic E-state index is 13.8. The second kappa shape index (κ2) is 8.16. The summed E-state index contributed by atoms with van der Waals surface area (Å²) in [6.07, 6.45) is 1.54. The van der Waals surface area contributed by atoms with Crippen LogP contribution in [0.3, 0.4) is 0 Å². The van der Waals surface area contributed by atoms with Gasteiger partial charge in [0.05, 0.1) is 24.5 Å². The number of halogens is 3. The van der Waals surface area contributed by atoms with E-state index in [0.29, 0.717) is 55.7 Å². The van der Waals surface area contributed by atoms with Gasteiger partial charge < -0.3 is 19.9 Å². The van der Waals surface area contributed by atoms with Crippen molar-refractivity contribution in [1.82, 2.24) is 15.1 Å². The standard InChI is InChI=1S/C23H25F3N4O3/c1-13(24)17-11-28-18(12-27-17)21(31)29-6-4-23(5-7-29)22(32)30-19(2-3-20(30)33-23)14-8-15(25)10-16(26)9-14/h8-10,12-13,19-20,28H,2-7,11H2,1H3/t13?,19-,20+/m0/s1. The number of carbonyl (C=O) groups is 2. The molecule has 0 bridgehead atoms. The first-order valence-corrected chi connectivity index (χ1v) is 11.2. The minimum Gasteiger partial charge on any atom is -0.374 e. The van der Waals surface area contributed by atoms with Crippen LogP contribution in [0, 0.1) is 11.6 Å². The van der Waals surface area contributed by atoms with Crippen LogP contribution in [0.4, 0.5) is 13.2 Å². The van der Waals surface area contributed by atoms with E-state index in [1.165, 1.54) is 25.3 Å². The second-order valence-electron chi connectivity index (χ2n) is 9.00. The van der Waals surface area contributed by atoms with Gasteiger partial charge in [-0.15, -0.1) is 0 Å². The number of alkyl halides is 1. The third kappa shape index (κ3) is 3.80. The molecule has 1 aromatic carbocycles. The summed E-state index contributed by atoms with van der Waals surface area (Å²) in [4.78, 5) is 33.5. The van der Waals surface area contributed by atoms with Gasteiger partial charge in [0, 0.05) is 32.0 Å². The van der Waals surface area contributed by atoms with Crippen molar-refractivity contribution in [2.24, 2.45) is 4.99 Å². The van der Waals surface area contributed by atoms with Crippen molar-refractivity contribution < 1.29 is 27.5 Å². The van der Waals surface area contributed by atoms with Crippen molar-refractivity contribution in [3.8, 4) is 0 Å². The summed E-state index contributed by atoms with van der Waals surface area (Å²) in [6, 6.07) is 2.90. The summed E-state index contributed by atoms with van der Waals surface area (Å²) in [5.74, 6) is -1.79. The molecule has 4 heterocycles. The topological polar surface area (TPSA) is 74.2 Å². The minimum absolute atomic E-state index is 0.174. The van der Waals surface area contributed by atoms with Crippen LogP contribution in [0.15, 0.2) is 35.1 Å². The van der Waals surface area contributed by atoms with Crippen LogP contribution in [-0.2, 0) is 14.3 Å². The van der Waals surface area contributed by atoms with E-state index in [9.17, 15) is 22.8 Å². The van der Waals surface area contributed by atoms with Crippen LogP contribution in [0.25, 0.3) is 0 Å². The van der Waals surface area contributed by atoms with Gasteiger partial charge in [0.1, 0.15) is 29.7 Å². The molecular weight excluding hydrogens is 437 g/mol. The molecule has 1 unspecified atom stereocenters. The highest BCUT2D eigenvalue weighted by Crippen LogP contribution is 2.47. The Morgan fingerprint density at radius 1 is 1.21 bits per heavy atom. The Labute approximate surface area is 189 Å². The third-order valence-corrected chi connectivity index (χ3v) is 6.96. The summed E-state index contributed by atoms with van der Waals surface area (Å²) in [5, 5.41) is 2.91. The molecule has 4 aliphatic rings. The van der Waals surface area contributed by atoms with Crippen molar-refractivity contribution in [3.63, 3.8) is 0 Å². The van der Waals surface area contributed by atoms with Gasteiger partial charge in [0.15, 0.2) is 5.60 Å². The normalized spacial score (nSPS) is 27.2. The number of nitrogens with one attached hydrogen (secondary N) is 1. The fraction of sp³-hybridized carbons (Fsp3) is 0.522. The Balaban J connectivity index is 1.27. The fourth-order valence-corrected chi connectivity index (χ4v) is 5.18. The van der Waals surface area contributed by atoms with Crippen LogP contribution in [0.5, 0.6) is 0 Å². The van der Waals surface area contributed by atoms with Crippen LogP contribution in [0.1, 0.15) is 44.2 Å². The molecule has 1 spiro atoms. The summed E-state index contributed by atoms with van der Waals surface area (Å²) in [6.45, 7) is 2.21. The molecule has 176 valence electrons. The highest BCUT2D eigenvalue weighted by molar-refractivity contribution is 5.98. The number of hydrogen-bond acceptors (Lipinski definition) is 5. The molecule has 3 atom stereocenters. The van der Waals surface area contributed by atoms with Gasteiger partial charge in [-0.3, -0.25) is 14.6 Å². The Bertz CT molecular complexity index is 1030. The van der Waals surface area contributed by atoms with Crippen molar-refractivity contribution in [3.05, 3.63) is 47.3 Å². The number of piperidine rings is 1. The van der Waals surface area contributed by atoms with E-state index in [4.69, 9.17) is 4.74 Å². The number of amides is 2. The van der Waals surface area contributed by atoms with Crippen molar-refractivity contribution in [1.29, 1.82) is 0 Å². The molecule has 5 rings (SSSR count). The lowest BCUT2D eigenvalue weighted by Gasteiger charge is -2.38. The van der Waals surface area contributed by atoms with Gasteiger partial charge >= 0.3 is 0 Å². The highest BCUT2D eigenvalue weighted by Gasteiger charge is 2.58. The summed E-state index contributed by atoms with van der Waals surface area (Å²) < 4.78 is 47.1. The van der Waals surface area contributed by atoms with E-state index in [0.717, 1.165) is 6.07 Å². The van der Waals surface area contributed by atoms with Crippen LogP contribution >= 0.6 is 0 Å². The number of benzene rings is 1. The first kappa shape index (κ1) is 21.9. The average Bonchev–Trinajstić information content (AvgIpc) is 3.31. The molecule has 1 aromatic rings. The van der Waals surface area contributed by atoms with E-state index in [2.05, 4.69) is 10.3 Å². The third-order valence-electron chi connectivity index (χ3n) is 6.96. The van der Waals surface area contributed by atoms with Crippen LogP contribution in [0.2, 0.25) is 0 Å². The van der Waals surface area contributed by atoms with Gasteiger partial charge in [-0.1, -0.05) is 0 Å². The van der Waals surface area contributed by atoms with E-state index in [1.54, 1.807) is 9.80 Å². The number of aliphatic imine (C=N–C) groups is 1. The Kier molecular flexibility index (Phi) is 5.43. The zero-order chi connectivity index (χ0) is 23.3. The maximum atomic E-state index is 13.8. The predicted molar refractivity (Wildman–Crippen MR) is 113 cm³/mol. The SMILES string of the molecule is CC(F)C1=NC=C(C(=O)N2CCC3(CC2)O[C@@H]2CC[C@@H](c4cc(F)cc(F)c4)N2C3=O)NC1. The molecule has 3 fully saturated rings. The van der Waals surface area contributed by atoms with Crippen molar-refractivity contribution >= 4 is 17.5 Å². The number of hydrogen-bond donors (Lipinski definition) is 1. The van der Waals surface area contributed by atoms with E-state index < -0.39 is 35.7 Å². The monoisotopic (exact) mass is 462 g/mol. The molecule has 2 amide bonds. The van der Waals surface area contributed by atoms with Crippen LogP contribution in [-0.4, -0.2) is 65.0 Å². The number of nitrogens with zero attached hydrogens (tertiary/aromatic N) is 3. The van der Waals surface area contributed by atoms with Gasteiger partial charge in [-0.2, -0.15) is 0 Å². The Hall–Kier alpha value is -2.88. The van der Waals surface area contributed by atoms with Crippen molar-refractivity contribution in [2.45, 2.75) is 56.6 Å². The molecule has 33 heavy (non-hydrogen) atoms. The first-order chi connectivity index (χ1) is 15.8. The smallest absolute Gasteiger partial charge is 0.271 e. The zero-order valence-corrected chi connectivity index (χ0v) is 18.2. The van der Waals surface area contributed by atoms with Gasteiger partial charge in [-0.25, -0.2) is 13.2 Å². The second-order valence-corrected chi connectivity index (χ2v) is 9.00. The molecule has 7 nitrogen and oxygen atoms in total. The largest absolute Gasteiger partial charge is 0.374 e. The summed E-state index contributed by atoms with van der Waals surface area (Å²) in [7, 11) is 0. The molecule has 0 aliphatic carbocycles. The number of ether oxygens (including phenoxy) is 1. The lowest BCUT2D eigenvalue weighted by Crippen LogP contribution is -2.52. The predicted octanol–water partition coefficient (Wildman–Crippen LogP) is 2.59. The fourth-order valence-electron chi connectivity index (χ4n) is 5.18. The molecule has 0 radical (unpaired) electrons. The quantitative estimate of drug-likeness (QED) is 0.750. The molecule has 0 saturated carbocycles. The molecule has 3 saturated heterocycles. The lowest BCUT2D eigenvalue weighted by molar-refractivity contribution is -0.147. The van der Waals surface area contributed by atoms with E-state index in [1.807, 2.05) is 0 Å². The van der Waals surface area contributed by atoms with Crippen LogP contribution < -0.4 is 5.32 Å². The first-order valence-electron chi connectivity index (χ1n) is 11.2. The Morgan fingerprint density at radius 3 is 2.52 bits per heavy atom. The summed E-state index contributed by atoms with van der Waals surface area (Å²) >= 11 is 0. The Morgan fingerprint density at radius 2 is 1.91 bits per heavy atom.